The van der Waals surface area contributed by atoms with Gasteiger partial charge in [-0.2, -0.15) is 13.8 Å². The summed E-state index contributed by atoms with van der Waals surface area (Å²) in [5, 5.41) is 8.48. The van der Waals surface area contributed by atoms with Gasteiger partial charge in [-0.05, 0) is 60.4 Å². The summed E-state index contributed by atoms with van der Waals surface area (Å²) in [4.78, 5) is 9.06. The smallest absolute Gasteiger partial charge is 0.245 e. The molecule has 1 aliphatic rings. The molecular formula is C26H30N6O7S2. The van der Waals surface area contributed by atoms with E-state index in [2.05, 4.69) is 15.4 Å². The molecule has 0 saturated heterocycles. The Labute approximate surface area is 238 Å². The van der Waals surface area contributed by atoms with Gasteiger partial charge in [0.1, 0.15) is 5.75 Å². The number of nitrogens with one attached hydrogen (secondary N) is 1. The number of hydrogen-bond acceptors (Lipinski definition) is 11. The second-order valence-electron chi connectivity index (χ2n) is 9.54. The molecule has 218 valence electrons. The molecule has 5 rings (SSSR count). The van der Waals surface area contributed by atoms with Gasteiger partial charge in [-0.25, -0.2) is 26.5 Å². The Kier molecular flexibility index (Phi) is 8.13. The fraction of sp³-hybridized carbons (Fsp3) is 0.346. The Morgan fingerprint density at radius 2 is 1.78 bits per heavy atom. The van der Waals surface area contributed by atoms with Crippen LogP contribution in [0, 0.1) is 0 Å². The first-order valence-corrected chi connectivity index (χ1v) is 16.3. The lowest BCUT2D eigenvalue weighted by Gasteiger charge is -2.20. The molecule has 41 heavy (non-hydrogen) atoms. The van der Waals surface area contributed by atoms with Gasteiger partial charge < -0.3 is 19.5 Å². The van der Waals surface area contributed by atoms with Gasteiger partial charge in [-0.1, -0.05) is 6.07 Å². The lowest BCUT2D eigenvalue weighted by molar-refractivity contribution is -0.00849. The van der Waals surface area contributed by atoms with Crippen LogP contribution in [0.5, 0.6) is 5.75 Å². The molecule has 2 aromatic heterocycles. The van der Waals surface area contributed by atoms with E-state index in [-0.39, 0.29) is 18.5 Å². The highest BCUT2D eigenvalue weighted by molar-refractivity contribution is 8.09. The average molecular weight is 603 g/mol. The molecule has 13 nitrogen and oxygen atoms in total. The number of hydrogen-bond donors (Lipinski definition) is 1. The molecule has 1 atom stereocenters. The van der Waals surface area contributed by atoms with E-state index in [0.29, 0.717) is 34.2 Å². The van der Waals surface area contributed by atoms with Crippen molar-refractivity contribution in [2.24, 2.45) is 0 Å². The van der Waals surface area contributed by atoms with Crippen molar-refractivity contribution in [3.05, 3.63) is 66.0 Å². The van der Waals surface area contributed by atoms with Crippen molar-refractivity contribution in [2.75, 3.05) is 48.7 Å². The van der Waals surface area contributed by atoms with E-state index in [1.807, 2.05) is 22.9 Å². The number of methoxy groups -OCH3 is 1. The molecular weight excluding hydrogens is 572 g/mol. The summed E-state index contributed by atoms with van der Waals surface area (Å²) in [5.74, 6) is 1.05. The Bertz CT molecular complexity index is 1730. The van der Waals surface area contributed by atoms with Crippen LogP contribution in [0.3, 0.4) is 0 Å². The Morgan fingerprint density at radius 3 is 2.49 bits per heavy atom. The maximum atomic E-state index is 12.0. The molecule has 0 radical (unpaired) electrons. The topological polar surface area (TPSA) is 155 Å². The first kappa shape index (κ1) is 28.7. The van der Waals surface area contributed by atoms with Gasteiger partial charge >= 0.3 is 0 Å². The normalized spacial score (nSPS) is 15.1. The Balaban J connectivity index is 1.33. The molecule has 2 heterocycles. The Morgan fingerprint density at radius 1 is 1.02 bits per heavy atom. The summed E-state index contributed by atoms with van der Waals surface area (Å²) in [5.41, 5.74) is 3.53. The van der Waals surface area contributed by atoms with E-state index in [9.17, 15) is 16.8 Å². The van der Waals surface area contributed by atoms with Gasteiger partial charge in [0.2, 0.25) is 26.0 Å². The first-order valence-electron chi connectivity index (χ1n) is 12.6. The van der Waals surface area contributed by atoms with Crippen molar-refractivity contribution in [3.8, 4) is 5.75 Å². The monoisotopic (exact) mass is 602 g/mol. The third kappa shape index (κ3) is 6.43. The minimum Gasteiger partial charge on any atom is -0.468 e. The SMILES string of the molecule is COCCOCOc1ccc2c(c1)CCC2n1ncc2cnc(Nc3ccc(N(S(C)(=O)=O)S(C)(=O)=O)cc3)nc21. The zero-order chi connectivity index (χ0) is 29.2. The minimum absolute atomic E-state index is 0.00192. The van der Waals surface area contributed by atoms with Crippen LogP contribution in [-0.4, -0.2) is 76.2 Å². The van der Waals surface area contributed by atoms with Gasteiger partial charge in [-0.3, -0.25) is 0 Å². The van der Waals surface area contributed by atoms with Gasteiger partial charge in [0.05, 0.1) is 49.0 Å². The number of fused-ring (bicyclic) bond motifs is 2. The van der Waals surface area contributed by atoms with Crippen LogP contribution >= 0.6 is 0 Å². The largest absolute Gasteiger partial charge is 0.468 e. The van der Waals surface area contributed by atoms with E-state index < -0.39 is 20.0 Å². The molecule has 0 spiro atoms. The van der Waals surface area contributed by atoms with E-state index in [4.69, 9.17) is 19.2 Å². The highest BCUT2D eigenvalue weighted by Crippen LogP contribution is 2.37. The first-order chi connectivity index (χ1) is 19.5. The van der Waals surface area contributed by atoms with Crippen molar-refractivity contribution in [1.82, 2.24) is 19.7 Å². The third-order valence-electron chi connectivity index (χ3n) is 6.47. The number of benzene rings is 2. The summed E-state index contributed by atoms with van der Waals surface area (Å²) >= 11 is 0. The van der Waals surface area contributed by atoms with Crippen LogP contribution in [0.1, 0.15) is 23.6 Å². The maximum absolute atomic E-state index is 12.0. The number of nitrogens with zero attached hydrogens (tertiary/aromatic N) is 5. The summed E-state index contributed by atoms with van der Waals surface area (Å²) < 4.78 is 66.5. The van der Waals surface area contributed by atoms with E-state index in [0.717, 1.165) is 42.1 Å². The lowest BCUT2D eigenvalue weighted by atomic mass is 10.1. The third-order valence-corrected chi connectivity index (χ3v) is 9.72. The van der Waals surface area contributed by atoms with Crippen molar-refractivity contribution >= 4 is 48.4 Å². The number of aryl methyl sites for hydroxylation is 1. The number of anilines is 3. The van der Waals surface area contributed by atoms with Crippen LogP contribution < -0.4 is 13.8 Å². The van der Waals surface area contributed by atoms with Crippen molar-refractivity contribution < 1.29 is 31.0 Å². The van der Waals surface area contributed by atoms with E-state index in [1.165, 1.54) is 17.7 Å². The van der Waals surface area contributed by atoms with Crippen LogP contribution in [0.25, 0.3) is 11.0 Å². The molecule has 0 saturated carbocycles. The summed E-state index contributed by atoms with van der Waals surface area (Å²) in [6.07, 6.45) is 6.79. The van der Waals surface area contributed by atoms with Crippen LogP contribution in [-0.2, 0) is 35.9 Å². The summed E-state index contributed by atoms with van der Waals surface area (Å²) in [7, 11) is -6.45. The van der Waals surface area contributed by atoms with Gasteiger partial charge in [0.15, 0.2) is 12.4 Å². The zero-order valence-corrected chi connectivity index (χ0v) is 24.4. The Hall–Kier alpha value is -3.79. The second kappa shape index (κ2) is 11.6. The summed E-state index contributed by atoms with van der Waals surface area (Å²) in [6, 6.07) is 11.9. The average Bonchev–Trinajstić information content (AvgIpc) is 3.51. The van der Waals surface area contributed by atoms with Crippen LogP contribution in [0.15, 0.2) is 54.9 Å². The molecule has 0 amide bonds. The number of rotatable bonds is 12. The lowest BCUT2D eigenvalue weighted by Crippen LogP contribution is -2.35. The summed E-state index contributed by atoms with van der Waals surface area (Å²) in [6.45, 7) is 1.12. The van der Waals surface area contributed by atoms with Gasteiger partial charge in [-0.15, -0.1) is 0 Å². The highest BCUT2D eigenvalue weighted by Gasteiger charge is 2.28. The molecule has 15 heteroatoms. The molecule has 0 bridgehead atoms. The quantitative estimate of drug-likeness (QED) is 0.188. The highest BCUT2D eigenvalue weighted by atomic mass is 32.3. The van der Waals surface area contributed by atoms with E-state index in [1.54, 1.807) is 31.6 Å². The molecule has 0 fully saturated rings. The number of aromatic nitrogens is 4. The standard InChI is InChI=1S/C26H30N6O7S2/c1-37-12-13-38-17-39-22-9-10-23-18(14-22)4-11-24(23)31-25-19(16-28-31)15-27-26(30-25)29-20-5-7-21(8-6-20)32(40(2,33)34)41(3,35)36/h5-10,14-16,24H,4,11-13,17H2,1-3H3,(H,27,29,30). The molecule has 1 aliphatic carbocycles. The van der Waals surface area contributed by atoms with Gasteiger partial charge in [0.25, 0.3) is 0 Å². The number of ether oxygens (including phenoxy) is 3. The van der Waals surface area contributed by atoms with Gasteiger partial charge in [0, 0.05) is 19.0 Å². The van der Waals surface area contributed by atoms with E-state index >= 15 is 0 Å². The zero-order valence-electron chi connectivity index (χ0n) is 22.7. The van der Waals surface area contributed by atoms with Crippen LogP contribution in [0.4, 0.5) is 17.3 Å². The molecule has 1 N–H and O–H groups in total. The predicted molar refractivity (Wildman–Crippen MR) is 153 cm³/mol. The van der Waals surface area contributed by atoms with Crippen molar-refractivity contribution in [2.45, 2.75) is 18.9 Å². The fourth-order valence-corrected chi connectivity index (χ4v) is 7.75. The van der Waals surface area contributed by atoms with Crippen molar-refractivity contribution in [1.29, 1.82) is 0 Å². The second-order valence-corrected chi connectivity index (χ2v) is 13.4. The number of sulfonamides is 2. The molecule has 0 aliphatic heterocycles. The predicted octanol–water partition coefficient (Wildman–Crippen LogP) is 2.83. The van der Waals surface area contributed by atoms with Crippen molar-refractivity contribution in [3.63, 3.8) is 0 Å². The molecule has 1 unspecified atom stereocenters. The minimum atomic E-state index is -4.04. The molecule has 2 aromatic carbocycles. The fourth-order valence-electron chi connectivity index (χ4n) is 4.77. The molecule has 4 aromatic rings. The van der Waals surface area contributed by atoms with Crippen LogP contribution in [0.2, 0.25) is 0 Å². The maximum Gasteiger partial charge on any atom is 0.245 e.